The molecule has 0 radical (unpaired) electrons. The number of aryl methyl sites for hydroxylation is 1. The maximum absolute atomic E-state index is 3.88. The van der Waals surface area contributed by atoms with Gasteiger partial charge in [0.2, 0.25) is 12.0 Å². The molecule has 0 bridgehead atoms. The number of aromatic nitrogens is 4. The Morgan fingerprint density at radius 2 is 2.22 bits per heavy atom. The van der Waals surface area contributed by atoms with Crippen LogP contribution >= 0.6 is 0 Å². The van der Waals surface area contributed by atoms with Gasteiger partial charge in [0.15, 0.2) is 0 Å². The van der Waals surface area contributed by atoms with Crippen LogP contribution in [0.4, 0.5) is 0 Å². The molecular weight excluding hydrogens is 120 g/mol. The van der Waals surface area contributed by atoms with Crippen molar-refractivity contribution >= 4 is 0 Å². The highest BCUT2D eigenvalue weighted by atomic mass is 15.6. The predicted octanol–water partition coefficient (Wildman–Crippen LogP) is -0.326. The normalized spacial score (nSPS) is 16.6. The fraction of sp³-hybridized carbons (Fsp3) is 0.667. The minimum atomic E-state index is -0.126. The number of rotatable bonds is 1. The second kappa shape index (κ2) is 1.34. The van der Waals surface area contributed by atoms with Crippen LogP contribution in [0.25, 0.3) is 0 Å². The van der Waals surface area contributed by atoms with E-state index in [-0.39, 0.29) is 6.17 Å². The molecule has 46 valence electrons. The van der Waals surface area contributed by atoms with Crippen LogP contribution in [0.5, 0.6) is 0 Å². The van der Waals surface area contributed by atoms with Gasteiger partial charge in [-0.1, -0.05) is 0 Å². The Morgan fingerprint density at radius 3 is 2.67 bits per heavy atom. The molecule has 0 unspecified atom stereocenters. The molecule has 0 fully saturated rings. The van der Waals surface area contributed by atoms with Gasteiger partial charge in [0.25, 0.3) is 0 Å². The number of hydrogen-bond donors (Lipinski definition) is 0. The highest BCUT2D eigenvalue weighted by Crippen LogP contribution is 2.26. The molecule has 6 heteroatoms. The Labute approximate surface area is 50.6 Å². The zero-order chi connectivity index (χ0) is 6.27. The largest absolute Gasteiger partial charge is 0.243 e. The Morgan fingerprint density at radius 1 is 1.44 bits per heavy atom. The lowest BCUT2D eigenvalue weighted by molar-refractivity contribution is 0.627. The van der Waals surface area contributed by atoms with Gasteiger partial charge in [-0.2, -0.15) is 15.0 Å². The summed E-state index contributed by atoms with van der Waals surface area (Å²) in [5, 5.41) is 18.5. The zero-order valence-electron chi connectivity index (χ0n) is 4.76. The fourth-order valence-electron chi connectivity index (χ4n) is 0.539. The molecule has 1 aromatic heterocycles. The number of hydrogen-bond acceptors (Lipinski definition) is 5. The Kier molecular flexibility index (Phi) is 0.674. The summed E-state index contributed by atoms with van der Waals surface area (Å²) in [4.78, 5) is 1.39. The summed E-state index contributed by atoms with van der Waals surface area (Å²) in [6.45, 7) is 0. The van der Waals surface area contributed by atoms with E-state index in [0.29, 0.717) is 5.82 Å². The molecule has 0 atom stereocenters. The van der Waals surface area contributed by atoms with Crippen LogP contribution in [0.1, 0.15) is 12.0 Å². The lowest BCUT2D eigenvalue weighted by Crippen LogP contribution is -1.92. The van der Waals surface area contributed by atoms with Crippen LogP contribution < -0.4 is 0 Å². The fourth-order valence-corrected chi connectivity index (χ4v) is 0.539. The van der Waals surface area contributed by atoms with Gasteiger partial charge in [0.05, 0.1) is 7.05 Å². The lowest BCUT2D eigenvalue weighted by atomic mass is 10.6. The van der Waals surface area contributed by atoms with Crippen LogP contribution in [0.15, 0.2) is 10.2 Å². The van der Waals surface area contributed by atoms with Gasteiger partial charge in [0.1, 0.15) is 0 Å². The third-order valence-corrected chi connectivity index (χ3v) is 0.986. The van der Waals surface area contributed by atoms with Crippen molar-refractivity contribution in [1.29, 1.82) is 0 Å². The van der Waals surface area contributed by atoms with Gasteiger partial charge in [-0.25, -0.2) is 0 Å². The molecule has 2 rings (SSSR count). The minimum Gasteiger partial charge on any atom is -0.167 e. The van der Waals surface area contributed by atoms with E-state index in [0.717, 1.165) is 0 Å². The van der Waals surface area contributed by atoms with Crippen LogP contribution in [0, 0.1) is 0 Å². The van der Waals surface area contributed by atoms with E-state index in [9.17, 15) is 0 Å². The number of tetrazole rings is 1. The first-order chi connectivity index (χ1) is 4.36. The Balaban J connectivity index is 2.29. The van der Waals surface area contributed by atoms with Crippen molar-refractivity contribution in [3.63, 3.8) is 0 Å². The van der Waals surface area contributed by atoms with Crippen LogP contribution in [0.3, 0.4) is 0 Å². The van der Waals surface area contributed by atoms with Crippen molar-refractivity contribution in [1.82, 2.24) is 20.2 Å². The van der Waals surface area contributed by atoms with E-state index in [4.69, 9.17) is 0 Å². The maximum Gasteiger partial charge on any atom is 0.243 e. The molecule has 1 aliphatic heterocycles. The summed E-state index contributed by atoms with van der Waals surface area (Å²) in [7, 11) is 1.71. The molecule has 0 saturated heterocycles. The smallest absolute Gasteiger partial charge is 0.167 e. The first-order valence-electron chi connectivity index (χ1n) is 2.50. The van der Waals surface area contributed by atoms with Crippen molar-refractivity contribution in [3.05, 3.63) is 5.82 Å². The molecule has 6 nitrogen and oxygen atoms in total. The third-order valence-electron chi connectivity index (χ3n) is 0.986. The average molecular weight is 124 g/mol. The lowest BCUT2D eigenvalue weighted by Gasteiger charge is -1.77. The first-order valence-corrected chi connectivity index (χ1v) is 2.50. The van der Waals surface area contributed by atoms with Crippen molar-refractivity contribution in [2.75, 3.05) is 0 Å². The minimum absolute atomic E-state index is 0.126. The molecule has 0 aromatic carbocycles. The van der Waals surface area contributed by atoms with E-state index in [1.807, 2.05) is 0 Å². The van der Waals surface area contributed by atoms with Gasteiger partial charge in [0, 0.05) is 0 Å². The molecule has 0 aliphatic carbocycles. The summed E-state index contributed by atoms with van der Waals surface area (Å²) >= 11 is 0. The third kappa shape index (κ3) is 0.676. The summed E-state index contributed by atoms with van der Waals surface area (Å²) in [6, 6.07) is 0. The van der Waals surface area contributed by atoms with Crippen molar-refractivity contribution < 1.29 is 0 Å². The number of nitrogens with zero attached hydrogens (tertiary/aromatic N) is 6. The van der Waals surface area contributed by atoms with Crippen molar-refractivity contribution in [3.8, 4) is 0 Å². The monoisotopic (exact) mass is 124 g/mol. The second-order valence-electron chi connectivity index (χ2n) is 1.74. The van der Waals surface area contributed by atoms with Gasteiger partial charge in [-0.15, -0.1) is 10.2 Å². The molecule has 1 aromatic rings. The summed E-state index contributed by atoms with van der Waals surface area (Å²) < 4.78 is 0. The van der Waals surface area contributed by atoms with Crippen LogP contribution in [-0.4, -0.2) is 20.2 Å². The van der Waals surface area contributed by atoms with Crippen LogP contribution in [-0.2, 0) is 7.05 Å². The van der Waals surface area contributed by atoms with Gasteiger partial charge in [-0.3, -0.25) is 0 Å². The molecule has 0 spiro atoms. The van der Waals surface area contributed by atoms with Gasteiger partial charge >= 0.3 is 0 Å². The summed E-state index contributed by atoms with van der Waals surface area (Å²) in [5.41, 5.74) is 0. The van der Waals surface area contributed by atoms with Crippen LogP contribution in [0.2, 0.25) is 0 Å². The van der Waals surface area contributed by atoms with E-state index >= 15 is 0 Å². The van der Waals surface area contributed by atoms with E-state index in [1.54, 1.807) is 7.05 Å². The molecular formula is C3H4N6. The molecule has 0 amide bonds. The second-order valence-corrected chi connectivity index (χ2v) is 1.74. The Hall–Kier alpha value is -1.33. The zero-order valence-corrected chi connectivity index (χ0v) is 4.76. The highest BCUT2D eigenvalue weighted by Gasteiger charge is 2.23. The molecule has 9 heavy (non-hydrogen) atoms. The molecule has 0 saturated carbocycles. The molecule has 0 N–H and O–H groups in total. The molecule has 1 aliphatic rings. The van der Waals surface area contributed by atoms with Gasteiger partial charge < -0.3 is 0 Å². The molecule has 2 heterocycles. The Bertz CT molecular complexity index is 243. The van der Waals surface area contributed by atoms with Gasteiger partial charge in [-0.05, 0) is 5.21 Å². The maximum atomic E-state index is 3.88. The first kappa shape index (κ1) is 4.54. The predicted molar refractivity (Wildman–Crippen MR) is 26.4 cm³/mol. The standard InChI is InChI=1S/C3H4N6/c1-9-7-3(6-8-9)2-4-5-2/h2H,1H3. The summed E-state index contributed by atoms with van der Waals surface area (Å²) in [5.74, 6) is 0.581. The van der Waals surface area contributed by atoms with E-state index in [2.05, 4.69) is 25.6 Å². The highest BCUT2D eigenvalue weighted by molar-refractivity contribution is 4.92. The van der Waals surface area contributed by atoms with E-state index in [1.165, 1.54) is 4.80 Å². The van der Waals surface area contributed by atoms with E-state index < -0.39 is 0 Å². The average Bonchev–Trinajstić information content (AvgIpc) is 2.58. The topological polar surface area (TPSA) is 68.3 Å². The van der Waals surface area contributed by atoms with Crippen molar-refractivity contribution in [2.24, 2.45) is 17.3 Å². The summed E-state index contributed by atoms with van der Waals surface area (Å²) in [6.07, 6.45) is -0.126. The quantitative estimate of drug-likeness (QED) is 0.515. The van der Waals surface area contributed by atoms with Crippen molar-refractivity contribution in [2.45, 2.75) is 6.17 Å². The SMILES string of the molecule is Cn1nnc(C2N=N2)n1.